The highest BCUT2D eigenvalue weighted by Gasteiger charge is 2.39. The fourth-order valence-corrected chi connectivity index (χ4v) is 3.50. The maximum atomic E-state index is 13.0. The fourth-order valence-electron chi connectivity index (χ4n) is 3.50. The maximum Gasteiger partial charge on any atom is 0.273 e. The van der Waals surface area contributed by atoms with Gasteiger partial charge in [0.05, 0.1) is 6.04 Å². The minimum atomic E-state index is -0.284. The highest BCUT2D eigenvalue weighted by Crippen LogP contribution is 2.23. The predicted octanol–water partition coefficient (Wildman–Crippen LogP) is 1.31. The summed E-state index contributed by atoms with van der Waals surface area (Å²) < 4.78 is 4.73. The highest BCUT2D eigenvalue weighted by atomic mass is 16.5. The molecule has 1 aliphatic rings. The van der Waals surface area contributed by atoms with Crippen molar-refractivity contribution in [3.63, 3.8) is 0 Å². The average molecular weight is 371 g/mol. The molecule has 0 aromatic carbocycles. The molecule has 2 aromatic heterocycles. The molecule has 1 aliphatic heterocycles. The molecule has 0 aliphatic carbocycles. The van der Waals surface area contributed by atoms with E-state index in [1.807, 2.05) is 30.9 Å². The van der Waals surface area contributed by atoms with Crippen LogP contribution in [0.3, 0.4) is 0 Å². The summed E-state index contributed by atoms with van der Waals surface area (Å²) in [5, 5.41) is 6.64. The van der Waals surface area contributed by atoms with Crippen molar-refractivity contribution in [3.8, 4) is 0 Å². The Morgan fingerprint density at radius 3 is 2.63 bits per heavy atom. The van der Waals surface area contributed by atoms with Crippen molar-refractivity contribution in [1.82, 2.24) is 25.3 Å². The van der Waals surface area contributed by atoms with Gasteiger partial charge in [-0.15, -0.1) is 0 Å². The zero-order chi connectivity index (χ0) is 19.2. The number of pyridine rings is 1. The molecule has 144 valence electrons. The Bertz CT molecular complexity index is 746. The van der Waals surface area contributed by atoms with Crippen LogP contribution >= 0.6 is 0 Å². The van der Waals surface area contributed by atoms with E-state index < -0.39 is 0 Å². The normalized spacial score (nSPS) is 19.8. The molecule has 2 aromatic rings. The van der Waals surface area contributed by atoms with Crippen LogP contribution in [-0.4, -0.2) is 63.5 Å². The summed E-state index contributed by atoms with van der Waals surface area (Å²) in [5.41, 5.74) is 1.33. The summed E-state index contributed by atoms with van der Waals surface area (Å²) in [6.45, 7) is 6.54. The summed E-state index contributed by atoms with van der Waals surface area (Å²) in [5.74, 6) is -0.180. The molecular weight excluding hydrogens is 346 g/mol. The lowest BCUT2D eigenvalue weighted by Gasteiger charge is -2.28. The number of amides is 2. The van der Waals surface area contributed by atoms with Crippen LogP contribution in [0.25, 0.3) is 0 Å². The van der Waals surface area contributed by atoms with Crippen molar-refractivity contribution in [2.75, 3.05) is 19.6 Å². The summed E-state index contributed by atoms with van der Waals surface area (Å²) in [6.07, 6.45) is 5.43. The number of likely N-dealkylation sites (tertiary alicyclic amines) is 1. The van der Waals surface area contributed by atoms with Gasteiger partial charge in [-0.1, -0.05) is 5.16 Å². The van der Waals surface area contributed by atoms with Crippen LogP contribution in [0, 0.1) is 0 Å². The van der Waals surface area contributed by atoms with Crippen LogP contribution in [0.5, 0.6) is 0 Å². The molecule has 1 saturated heterocycles. The highest BCUT2D eigenvalue weighted by molar-refractivity contribution is 5.92. The molecule has 1 fully saturated rings. The largest absolute Gasteiger partial charge is 0.364 e. The average Bonchev–Trinajstić information content (AvgIpc) is 3.34. The number of rotatable bonds is 7. The third-order valence-corrected chi connectivity index (χ3v) is 4.90. The molecular formula is C19H25N5O3. The second-order valence-electron chi connectivity index (χ2n) is 6.60. The van der Waals surface area contributed by atoms with Crippen molar-refractivity contribution in [2.45, 2.75) is 38.9 Å². The first-order valence-electron chi connectivity index (χ1n) is 9.25. The number of carbonyl (C=O) groups is 2. The maximum absolute atomic E-state index is 13.0. The van der Waals surface area contributed by atoms with Crippen molar-refractivity contribution in [2.24, 2.45) is 0 Å². The standard InChI is InChI=1S/C19H25N5O3/c1-3-23(4-2)19(26)17-11-15(21-18(25)16-7-10-27-22-16)13-24(17)12-14-5-8-20-9-6-14/h5-10,15,17H,3-4,11-13H2,1-2H3,(H,21,25)/t15-,17+/m1/s1. The first-order valence-corrected chi connectivity index (χ1v) is 9.25. The number of nitrogens with zero attached hydrogens (tertiary/aromatic N) is 4. The van der Waals surface area contributed by atoms with E-state index >= 15 is 0 Å². The topological polar surface area (TPSA) is 91.6 Å². The summed E-state index contributed by atoms with van der Waals surface area (Å²) in [4.78, 5) is 33.3. The summed E-state index contributed by atoms with van der Waals surface area (Å²) >= 11 is 0. The Balaban J connectivity index is 1.73. The minimum absolute atomic E-state index is 0.104. The van der Waals surface area contributed by atoms with Crippen LogP contribution in [0.4, 0.5) is 0 Å². The van der Waals surface area contributed by atoms with Gasteiger partial charge in [-0.3, -0.25) is 19.5 Å². The number of hydrogen-bond acceptors (Lipinski definition) is 6. The smallest absolute Gasteiger partial charge is 0.273 e. The first-order chi connectivity index (χ1) is 13.1. The third-order valence-electron chi connectivity index (χ3n) is 4.90. The van der Waals surface area contributed by atoms with Gasteiger partial charge in [0.1, 0.15) is 6.26 Å². The van der Waals surface area contributed by atoms with Gasteiger partial charge in [0.2, 0.25) is 5.91 Å². The van der Waals surface area contributed by atoms with E-state index in [4.69, 9.17) is 4.52 Å². The van der Waals surface area contributed by atoms with Crippen LogP contribution < -0.4 is 5.32 Å². The number of aromatic nitrogens is 2. The molecule has 8 nitrogen and oxygen atoms in total. The molecule has 0 unspecified atom stereocenters. The second kappa shape index (κ2) is 8.77. The molecule has 0 saturated carbocycles. The van der Waals surface area contributed by atoms with Crippen molar-refractivity contribution in [3.05, 3.63) is 48.1 Å². The SMILES string of the molecule is CCN(CC)C(=O)[C@@H]1C[C@@H](NC(=O)c2ccon2)CN1Cc1ccncc1. The Morgan fingerprint density at radius 1 is 1.26 bits per heavy atom. The third kappa shape index (κ3) is 4.51. The predicted molar refractivity (Wildman–Crippen MR) is 98.7 cm³/mol. The van der Waals surface area contributed by atoms with Crippen LogP contribution in [0.2, 0.25) is 0 Å². The lowest BCUT2D eigenvalue weighted by atomic mass is 10.1. The fraction of sp³-hybridized carbons (Fsp3) is 0.474. The van der Waals surface area contributed by atoms with Crippen molar-refractivity contribution >= 4 is 11.8 Å². The van der Waals surface area contributed by atoms with Gasteiger partial charge in [-0.25, -0.2) is 0 Å². The molecule has 0 bridgehead atoms. The number of likely N-dealkylation sites (N-methyl/N-ethyl adjacent to an activating group) is 1. The molecule has 27 heavy (non-hydrogen) atoms. The molecule has 1 N–H and O–H groups in total. The quantitative estimate of drug-likeness (QED) is 0.789. The number of nitrogens with one attached hydrogen (secondary N) is 1. The van der Waals surface area contributed by atoms with Gasteiger partial charge >= 0.3 is 0 Å². The lowest BCUT2D eigenvalue weighted by Crippen LogP contribution is -2.45. The van der Waals surface area contributed by atoms with E-state index in [9.17, 15) is 9.59 Å². The van der Waals surface area contributed by atoms with Crippen molar-refractivity contribution < 1.29 is 14.1 Å². The van der Waals surface area contributed by atoms with Gasteiger partial charge in [-0.05, 0) is 38.0 Å². The number of hydrogen-bond donors (Lipinski definition) is 1. The van der Waals surface area contributed by atoms with E-state index in [1.54, 1.807) is 12.4 Å². The summed E-state index contributed by atoms with van der Waals surface area (Å²) in [6, 6.07) is 5.03. The van der Waals surface area contributed by atoms with E-state index in [0.717, 1.165) is 5.56 Å². The lowest BCUT2D eigenvalue weighted by molar-refractivity contribution is -0.135. The zero-order valence-corrected chi connectivity index (χ0v) is 15.7. The Kier molecular flexibility index (Phi) is 6.18. The molecule has 3 heterocycles. The van der Waals surface area contributed by atoms with Gasteiger partial charge in [0, 0.05) is 50.7 Å². The van der Waals surface area contributed by atoms with E-state index in [1.165, 1.54) is 12.3 Å². The van der Waals surface area contributed by atoms with Gasteiger partial charge < -0.3 is 14.7 Å². The van der Waals surface area contributed by atoms with Gasteiger partial charge in [0.25, 0.3) is 5.91 Å². The second-order valence-corrected chi connectivity index (χ2v) is 6.60. The van der Waals surface area contributed by atoms with Crippen LogP contribution in [0.15, 0.2) is 41.4 Å². The van der Waals surface area contributed by atoms with Crippen LogP contribution in [-0.2, 0) is 11.3 Å². The van der Waals surface area contributed by atoms with Gasteiger partial charge in [-0.2, -0.15) is 0 Å². The molecule has 3 rings (SSSR count). The Morgan fingerprint density at radius 2 is 2.00 bits per heavy atom. The Labute approximate surface area is 158 Å². The van der Waals surface area contributed by atoms with Crippen LogP contribution in [0.1, 0.15) is 36.3 Å². The summed E-state index contributed by atoms with van der Waals surface area (Å²) in [7, 11) is 0. The van der Waals surface area contributed by atoms with Gasteiger partial charge in [0.15, 0.2) is 5.69 Å². The molecule has 8 heteroatoms. The minimum Gasteiger partial charge on any atom is -0.364 e. The Hall–Kier alpha value is -2.74. The van der Waals surface area contributed by atoms with E-state index in [-0.39, 0.29) is 29.6 Å². The number of carbonyl (C=O) groups excluding carboxylic acids is 2. The van der Waals surface area contributed by atoms with Crippen molar-refractivity contribution in [1.29, 1.82) is 0 Å². The monoisotopic (exact) mass is 371 g/mol. The molecule has 2 amide bonds. The van der Waals surface area contributed by atoms with E-state index in [2.05, 4.69) is 20.4 Å². The molecule has 2 atom stereocenters. The first kappa shape index (κ1) is 19.0. The molecule has 0 spiro atoms. The molecule has 0 radical (unpaired) electrons. The zero-order valence-electron chi connectivity index (χ0n) is 15.7. The van der Waals surface area contributed by atoms with E-state index in [0.29, 0.717) is 32.6 Å².